The zero-order chi connectivity index (χ0) is 30.8. The van der Waals surface area contributed by atoms with Crippen molar-refractivity contribution in [1.29, 1.82) is 0 Å². The molecule has 0 unspecified atom stereocenters. The molecule has 0 bridgehead atoms. The fourth-order valence-corrected chi connectivity index (χ4v) is 7.65. The first-order valence-corrected chi connectivity index (χ1v) is 16.1. The van der Waals surface area contributed by atoms with Gasteiger partial charge in [-0.2, -0.15) is 0 Å². The first-order chi connectivity index (χ1) is 22.6. The average molecular weight is 588 g/mol. The number of hydrogen-bond donors (Lipinski definition) is 0. The van der Waals surface area contributed by atoms with Gasteiger partial charge in [-0.25, -0.2) is 0 Å². The van der Waals surface area contributed by atoms with E-state index in [4.69, 9.17) is 0 Å². The molecule has 7 aromatic carbocycles. The third kappa shape index (κ3) is 4.09. The molecule has 0 spiro atoms. The summed E-state index contributed by atoms with van der Waals surface area (Å²) in [5.41, 5.74) is 16.3. The Labute approximate surface area is 270 Å². The van der Waals surface area contributed by atoms with Crippen molar-refractivity contribution in [2.24, 2.45) is 0 Å². The van der Waals surface area contributed by atoms with Gasteiger partial charge in [-0.1, -0.05) is 135 Å². The minimum absolute atomic E-state index is 0.0481. The summed E-state index contributed by atoms with van der Waals surface area (Å²) in [5.74, 6) is 0. The monoisotopic (exact) mass is 587 g/mol. The van der Waals surface area contributed by atoms with Crippen LogP contribution in [0.1, 0.15) is 25.0 Å². The predicted molar refractivity (Wildman–Crippen MR) is 195 cm³/mol. The quantitative estimate of drug-likeness (QED) is 0.193. The molecule has 46 heavy (non-hydrogen) atoms. The highest BCUT2D eigenvalue weighted by Gasteiger charge is 2.36. The molecule has 0 saturated carbocycles. The van der Waals surface area contributed by atoms with Crippen molar-refractivity contribution in [2.45, 2.75) is 19.3 Å². The molecule has 0 radical (unpaired) electrons. The molecule has 1 aromatic heterocycles. The van der Waals surface area contributed by atoms with Gasteiger partial charge >= 0.3 is 0 Å². The highest BCUT2D eigenvalue weighted by Crippen LogP contribution is 2.51. The fourth-order valence-electron chi connectivity index (χ4n) is 7.65. The van der Waals surface area contributed by atoms with Crippen LogP contribution in [0.15, 0.2) is 164 Å². The summed E-state index contributed by atoms with van der Waals surface area (Å²) in [6.07, 6.45) is 0. The van der Waals surface area contributed by atoms with Gasteiger partial charge in [0.15, 0.2) is 0 Å². The van der Waals surface area contributed by atoms with Crippen LogP contribution in [0.2, 0.25) is 0 Å². The van der Waals surface area contributed by atoms with Crippen LogP contribution in [-0.2, 0) is 5.41 Å². The molecule has 0 aliphatic heterocycles. The van der Waals surface area contributed by atoms with E-state index in [1.807, 2.05) is 0 Å². The van der Waals surface area contributed by atoms with Gasteiger partial charge in [0.1, 0.15) is 0 Å². The normalized spacial score (nSPS) is 13.2. The molecule has 9 rings (SSSR count). The zero-order valence-electron chi connectivity index (χ0n) is 26.0. The minimum Gasteiger partial charge on any atom is -0.309 e. The lowest BCUT2D eigenvalue weighted by Crippen LogP contribution is -2.14. The smallest absolute Gasteiger partial charge is 0.0547 e. The molecule has 218 valence electrons. The first-order valence-electron chi connectivity index (χ1n) is 16.1. The Bertz CT molecular complexity index is 2430. The Morgan fingerprint density at radius 3 is 1.70 bits per heavy atom. The number of fused-ring (bicyclic) bond motifs is 6. The van der Waals surface area contributed by atoms with E-state index >= 15 is 0 Å². The van der Waals surface area contributed by atoms with Crippen molar-refractivity contribution in [3.05, 3.63) is 175 Å². The summed E-state index contributed by atoms with van der Waals surface area (Å²) in [4.78, 5) is 0. The summed E-state index contributed by atoms with van der Waals surface area (Å²) in [6, 6.07) is 60.1. The van der Waals surface area contributed by atoms with Gasteiger partial charge in [-0.3, -0.25) is 0 Å². The number of rotatable bonds is 4. The van der Waals surface area contributed by atoms with Gasteiger partial charge in [-0.05, 0) is 98.1 Å². The largest absolute Gasteiger partial charge is 0.309 e. The van der Waals surface area contributed by atoms with E-state index in [0.29, 0.717) is 0 Å². The van der Waals surface area contributed by atoms with Crippen LogP contribution in [0.25, 0.3) is 72.0 Å². The third-order valence-corrected chi connectivity index (χ3v) is 9.96. The Hall–Kier alpha value is -5.66. The first kappa shape index (κ1) is 26.7. The van der Waals surface area contributed by atoms with Gasteiger partial charge in [0.05, 0.1) is 11.0 Å². The second-order valence-corrected chi connectivity index (χ2v) is 13.0. The van der Waals surface area contributed by atoms with Crippen LogP contribution in [0.5, 0.6) is 0 Å². The maximum Gasteiger partial charge on any atom is 0.0547 e. The van der Waals surface area contributed by atoms with Gasteiger partial charge < -0.3 is 4.57 Å². The molecule has 1 nitrogen and oxygen atoms in total. The number of hydrogen-bond acceptors (Lipinski definition) is 0. The lowest BCUT2D eigenvalue weighted by molar-refractivity contribution is 0.661. The molecule has 0 saturated heterocycles. The Balaban J connectivity index is 1.33. The number of nitrogens with zero attached hydrogens (tertiary/aromatic N) is 1. The van der Waals surface area contributed by atoms with Crippen LogP contribution in [0.4, 0.5) is 0 Å². The van der Waals surface area contributed by atoms with Gasteiger partial charge in [0.25, 0.3) is 0 Å². The summed E-state index contributed by atoms with van der Waals surface area (Å²) < 4.78 is 2.48. The predicted octanol–water partition coefficient (Wildman–Crippen LogP) is 12.1. The van der Waals surface area contributed by atoms with Crippen LogP contribution in [-0.4, -0.2) is 4.57 Å². The Morgan fingerprint density at radius 2 is 0.935 bits per heavy atom. The standard InChI is InChI=1S/C45H33N/c1-45(2)41-22-11-9-20-37(41)39-29-44-40(28-42(39)45)38-21-10-12-23-43(38)46(44)36-26-34(31-16-7-4-8-17-31)25-35(27-36)33-19-13-18-32(24-33)30-14-5-3-6-15-30/h3-29H,1-2H3. The maximum atomic E-state index is 2.48. The number of para-hydroxylation sites is 1. The summed E-state index contributed by atoms with van der Waals surface area (Å²) >= 11 is 0. The van der Waals surface area contributed by atoms with E-state index in [9.17, 15) is 0 Å². The van der Waals surface area contributed by atoms with Gasteiger partial charge in [0.2, 0.25) is 0 Å². The molecule has 1 heteroatoms. The van der Waals surface area contributed by atoms with Crippen LogP contribution < -0.4 is 0 Å². The second kappa shape index (κ2) is 10.2. The summed E-state index contributed by atoms with van der Waals surface area (Å²) in [7, 11) is 0. The van der Waals surface area contributed by atoms with Crippen LogP contribution in [0, 0.1) is 0 Å². The highest BCUT2D eigenvalue weighted by molar-refractivity contribution is 6.11. The molecule has 8 aromatic rings. The molecule has 0 amide bonds. The minimum atomic E-state index is -0.0481. The molecule has 1 aliphatic carbocycles. The maximum absolute atomic E-state index is 2.48. The lowest BCUT2D eigenvalue weighted by Gasteiger charge is -2.21. The summed E-state index contributed by atoms with van der Waals surface area (Å²) in [5, 5.41) is 2.58. The van der Waals surface area contributed by atoms with Crippen molar-refractivity contribution in [2.75, 3.05) is 0 Å². The molecular weight excluding hydrogens is 555 g/mol. The average Bonchev–Trinajstić information content (AvgIpc) is 3.56. The molecule has 1 heterocycles. The Kier molecular flexibility index (Phi) is 5.92. The van der Waals surface area contributed by atoms with Crippen LogP contribution >= 0.6 is 0 Å². The third-order valence-electron chi connectivity index (χ3n) is 9.96. The van der Waals surface area contributed by atoms with Crippen LogP contribution in [0.3, 0.4) is 0 Å². The SMILES string of the molecule is CC1(C)c2ccccc2-c2cc3c(cc21)c1ccccc1n3-c1cc(-c2ccccc2)cc(-c2cccc(-c3ccccc3)c2)c1. The van der Waals surface area contributed by atoms with E-state index in [1.165, 1.54) is 77.4 Å². The summed E-state index contributed by atoms with van der Waals surface area (Å²) in [6.45, 7) is 4.73. The van der Waals surface area contributed by atoms with Crippen molar-refractivity contribution < 1.29 is 0 Å². The lowest BCUT2D eigenvalue weighted by atomic mass is 9.82. The van der Waals surface area contributed by atoms with Gasteiger partial charge in [0, 0.05) is 21.9 Å². The van der Waals surface area contributed by atoms with E-state index in [1.54, 1.807) is 0 Å². The van der Waals surface area contributed by atoms with Crippen molar-refractivity contribution in [3.63, 3.8) is 0 Å². The molecule has 1 aliphatic rings. The van der Waals surface area contributed by atoms with E-state index in [0.717, 1.165) is 5.69 Å². The zero-order valence-corrected chi connectivity index (χ0v) is 26.0. The second-order valence-electron chi connectivity index (χ2n) is 13.0. The molecule has 0 fully saturated rings. The highest BCUT2D eigenvalue weighted by atomic mass is 15.0. The van der Waals surface area contributed by atoms with Crippen molar-refractivity contribution in [1.82, 2.24) is 4.57 Å². The fraction of sp³-hybridized carbons (Fsp3) is 0.0667. The topological polar surface area (TPSA) is 4.93 Å². The van der Waals surface area contributed by atoms with E-state index in [2.05, 4.69) is 182 Å². The number of benzene rings is 7. The van der Waals surface area contributed by atoms with Crippen molar-refractivity contribution in [3.8, 4) is 50.2 Å². The molecule has 0 atom stereocenters. The van der Waals surface area contributed by atoms with E-state index in [-0.39, 0.29) is 5.41 Å². The molecule has 0 N–H and O–H groups in total. The molecular formula is C45H33N. The van der Waals surface area contributed by atoms with Crippen molar-refractivity contribution >= 4 is 21.8 Å². The Morgan fingerprint density at radius 1 is 0.370 bits per heavy atom. The van der Waals surface area contributed by atoms with Gasteiger partial charge in [-0.15, -0.1) is 0 Å². The number of aromatic nitrogens is 1. The van der Waals surface area contributed by atoms with E-state index < -0.39 is 0 Å².